The molecule has 0 heterocycles. The van der Waals surface area contributed by atoms with E-state index in [9.17, 15) is 5.11 Å². The number of benzene rings is 1. The molecule has 3 N–H and O–H groups in total. The van der Waals surface area contributed by atoms with Gasteiger partial charge in [0.15, 0.2) is 0 Å². The second-order valence-electron chi connectivity index (χ2n) is 4.44. The van der Waals surface area contributed by atoms with Crippen LogP contribution in [-0.4, -0.2) is 34.7 Å². The molecule has 102 valence electrons. The summed E-state index contributed by atoms with van der Waals surface area (Å²) in [6, 6.07) is 6.17. The highest BCUT2D eigenvalue weighted by atomic mass is 35.5. The molecule has 18 heavy (non-hydrogen) atoms. The lowest BCUT2D eigenvalue weighted by atomic mass is 10.2. The van der Waals surface area contributed by atoms with Crippen molar-refractivity contribution in [3.8, 4) is 0 Å². The van der Waals surface area contributed by atoms with Crippen LogP contribution in [0.4, 0.5) is 0 Å². The third-order valence-electron chi connectivity index (χ3n) is 2.37. The van der Waals surface area contributed by atoms with E-state index in [0.29, 0.717) is 16.8 Å². The molecule has 0 aromatic heterocycles. The molecule has 0 aliphatic heterocycles. The molecule has 0 bridgehead atoms. The van der Waals surface area contributed by atoms with Gasteiger partial charge in [-0.15, -0.1) is 11.8 Å². The van der Waals surface area contributed by atoms with Crippen molar-refractivity contribution in [1.82, 2.24) is 5.32 Å². The van der Waals surface area contributed by atoms with E-state index in [-0.39, 0.29) is 6.61 Å². The molecular formula is C13H20ClNO2S. The van der Waals surface area contributed by atoms with Gasteiger partial charge in [0.05, 0.1) is 12.7 Å². The molecule has 0 saturated heterocycles. The van der Waals surface area contributed by atoms with Crippen molar-refractivity contribution in [2.75, 3.05) is 12.4 Å². The van der Waals surface area contributed by atoms with Crippen LogP contribution in [0, 0.1) is 0 Å². The zero-order chi connectivity index (χ0) is 13.5. The maximum absolute atomic E-state index is 9.38. The minimum atomic E-state index is -0.695. The Labute approximate surface area is 118 Å². The van der Waals surface area contributed by atoms with E-state index >= 15 is 0 Å². The molecule has 1 aromatic rings. The summed E-state index contributed by atoms with van der Waals surface area (Å²) in [6.45, 7) is 4.75. The van der Waals surface area contributed by atoms with Crippen molar-refractivity contribution in [2.24, 2.45) is 0 Å². The van der Waals surface area contributed by atoms with Gasteiger partial charge in [0.25, 0.3) is 0 Å². The van der Waals surface area contributed by atoms with Gasteiger partial charge >= 0.3 is 0 Å². The van der Waals surface area contributed by atoms with E-state index in [2.05, 4.69) is 19.2 Å². The topological polar surface area (TPSA) is 52.5 Å². The van der Waals surface area contributed by atoms with Gasteiger partial charge in [0.1, 0.15) is 0 Å². The van der Waals surface area contributed by atoms with Crippen LogP contribution in [0.2, 0.25) is 5.02 Å². The lowest BCUT2D eigenvalue weighted by Crippen LogP contribution is -2.22. The van der Waals surface area contributed by atoms with E-state index in [1.165, 1.54) is 11.8 Å². The van der Waals surface area contributed by atoms with Crippen molar-refractivity contribution in [3.05, 3.63) is 28.8 Å². The quantitative estimate of drug-likeness (QED) is 0.674. The number of hydrogen-bond acceptors (Lipinski definition) is 4. The van der Waals surface area contributed by atoms with Crippen molar-refractivity contribution < 1.29 is 10.2 Å². The Kier molecular flexibility index (Phi) is 7.04. The second-order valence-corrected chi connectivity index (χ2v) is 5.93. The van der Waals surface area contributed by atoms with Gasteiger partial charge in [-0.1, -0.05) is 31.5 Å². The van der Waals surface area contributed by atoms with Gasteiger partial charge in [-0.25, -0.2) is 0 Å². The smallest absolute Gasteiger partial charge is 0.0864 e. The van der Waals surface area contributed by atoms with Crippen LogP contribution in [0.25, 0.3) is 0 Å². The highest BCUT2D eigenvalue weighted by Gasteiger charge is 2.08. The Morgan fingerprint density at radius 3 is 2.72 bits per heavy atom. The molecule has 3 nitrogen and oxygen atoms in total. The Bertz CT molecular complexity index is 374. The first-order valence-corrected chi connectivity index (χ1v) is 7.32. The first-order chi connectivity index (χ1) is 8.52. The van der Waals surface area contributed by atoms with E-state index in [1.54, 1.807) is 0 Å². The van der Waals surface area contributed by atoms with E-state index in [0.717, 1.165) is 17.0 Å². The van der Waals surface area contributed by atoms with Gasteiger partial charge < -0.3 is 15.5 Å². The van der Waals surface area contributed by atoms with E-state index < -0.39 is 6.10 Å². The van der Waals surface area contributed by atoms with Crippen LogP contribution >= 0.6 is 23.4 Å². The third kappa shape index (κ3) is 5.59. The number of halogens is 1. The number of rotatable bonds is 7. The maximum Gasteiger partial charge on any atom is 0.0864 e. The van der Waals surface area contributed by atoms with Crippen molar-refractivity contribution in [3.63, 3.8) is 0 Å². The Morgan fingerprint density at radius 1 is 1.39 bits per heavy atom. The Morgan fingerprint density at radius 2 is 2.11 bits per heavy atom. The molecule has 0 radical (unpaired) electrons. The number of thioether (sulfide) groups is 1. The van der Waals surface area contributed by atoms with Gasteiger partial charge in [-0.05, 0) is 17.7 Å². The summed E-state index contributed by atoms with van der Waals surface area (Å²) >= 11 is 7.49. The van der Waals surface area contributed by atoms with Crippen LogP contribution in [-0.2, 0) is 6.54 Å². The molecule has 1 aromatic carbocycles. The predicted octanol–water partition coefficient (Wildman–Crippen LogP) is 2.28. The van der Waals surface area contributed by atoms with Gasteiger partial charge in [-0.2, -0.15) is 0 Å². The van der Waals surface area contributed by atoms with Crippen molar-refractivity contribution in [1.29, 1.82) is 0 Å². The third-order valence-corrected chi connectivity index (χ3v) is 3.85. The number of aliphatic hydroxyl groups is 2. The predicted molar refractivity (Wildman–Crippen MR) is 77.2 cm³/mol. The van der Waals surface area contributed by atoms with Crippen molar-refractivity contribution >= 4 is 23.4 Å². The SMILES string of the molecule is CC(C)NCc1ccc(Cl)cc1SCC(O)CO. The fourth-order valence-electron chi connectivity index (χ4n) is 1.36. The lowest BCUT2D eigenvalue weighted by Gasteiger charge is -2.14. The first-order valence-electron chi connectivity index (χ1n) is 5.96. The van der Waals surface area contributed by atoms with Crippen LogP contribution in [0.5, 0.6) is 0 Å². The normalized spacial score (nSPS) is 13.0. The fraction of sp³-hybridized carbons (Fsp3) is 0.538. The van der Waals surface area contributed by atoms with E-state index in [4.69, 9.17) is 16.7 Å². The molecule has 1 atom stereocenters. The maximum atomic E-state index is 9.38. The summed E-state index contributed by atoms with van der Waals surface area (Å²) in [7, 11) is 0. The molecule has 5 heteroatoms. The monoisotopic (exact) mass is 289 g/mol. The van der Waals surface area contributed by atoms with Crippen LogP contribution in [0.1, 0.15) is 19.4 Å². The molecule has 0 aliphatic carbocycles. The fourth-order valence-corrected chi connectivity index (χ4v) is 2.61. The Balaban J connectivity index is 2.70. The lowest BCUT2D eigenvalue weighted by molar-refractivity contribution is 0.113. The van der Waals surface area contributed by atoms with Gasteiger partial charge in [0, 0.05) is 28.3 Å². The van der Waals surface area contributed by atoms with Gasteiger partial charge in [-0.3, -0.25) is 0 Å². The van der Waals surface area contributed by atoms with Crippen LogP contribution in [0.15, 0.2) is 23.1 Å². The summed E-state index contributed by atoms with van der Waals surface area (Å²) in [4.78, 5) is 1.04. The molecule has 1 rings (SSSR count). The standard InChI is InChI=1S/C13H20ClNO2S/c1-9(2)15-6-10-3-4-11(14)5-13(10)18-8-12(17)7-16/h3-5,9,12,15-17H,6-8H2,1-2H3. The van der Waals surface area contributed by atoms with Gasteiger partial charge in [0.2, 0.25) is 0 Å². The zero-order valence-electron chi connectivity index (χ0n) is 10.7. The largest absolute Gasteiger partial charge is 0.394 e. The summed E-state index contributed by atoms with van der Waals surface area (Å²) < 4.78 is 0. The molecule has 0 aliphatic rings. The highest BCUT2D eigenvalue weighted by molar-refractivity contribution is 7.99. The molecule has 1 unspecified atom stereocenters. The minimum Gasteiger partial charge on any atom is -0.394 e. The first kappa shape index (κ1) is 15.8. The summed E-state index contributed by atoms with van der Waals surface area (Å²) in [5.74, 6) is 0.464. The van der Waals surface area contributed by atoms with Crippen molar-refractivity contribution in [2.45, 2.75) is 37.4 Å². The molecule has 0 fully saturated rings. The molecule has 0 saturated carbocycles. The summed E-state index contributed by atoms with van der Waals surface area (Å²) in [6.07, 6.45) is -0.695. The second kappa shape index (κ2) is 8.02. The number of hydrogen-bond donors (Lipinski definition) is 3. The average molecular weight is 290 g/mol. The minimum absolute atomic E-state index is 0.215. The molecule has 0 spiro atoms. The zero-order valence-corrected chi connectivity index (χ0v) is 12.3. The molecule has 0 amide bonds. The summed E-state index contributed by atoms with van der Waals surface area (Å²) in [5, 5.41) is 22.2. The van der Waals surface area contributed by atoms with Crippen LogP contribution in [0.3, 0.4) is 0 Å². The number of aliphatic hydroxyl groups excluding tert-OH is 2. The highest BCUT2D eigenvalue weighted by Crippen LogP contribution is 2.27. The Hall–Kier alpha value is -0.260. The summed E-state index contributed by atoms with van der Waals surface area (Å²) in [5.41, 5.74) is 1.16. The van der Waals surface area contributed by atoms with Crippen LogP contribution < -0.4 is 5.32 Å². The average Bonchev–Trinajstić information content (AvgIpc) is 2.34. The number of nitrogens with one attached hydrogen (secondary N) is 1. The molecular weight excluding hydrogens is 270 g/mol. The van der Waals surface area contributed by atoms with E-state index in [1.807, 2.05) is 18.2 Å².